The summed E-state index contributed by atoms with van der Waals surface area (Å²) in [5.74, 6) is 0. The van der Waals surface area contributed by atoms with E-state index in [0.29, 0.717) is 0 Å². The molecule has 0 heterocycles. The van der Waals surface area contributed by atoms with Crippen molar-refractivity contribution in [1.29, 1.82) is 0 Å². The summed E-state index contributed by atoms with van der Waals surface area (Å²) in [7, 11) is 0. The van der Waals surface area contributed by atoms with Crippen molar-refractivity contribution >= 4 is 86.2 Å². The number of hydrogen-bond donors (Lipinski definition) is 0. The highest BCUT2D eigenvalue weighted by Gasteiger charge is 2.34. The first kappa shape index (κ1) is 32.1. The Morgan fingerprint density at radius 2 is 0.655 bits per heavy atom. The van der Waals surface area contributed by atoms with Gasteiger partial charge in [-0.05, 0) is 211 Å². The summed E-state index contributed by atoms with van der Waals surface area (Å²) in [6.07, 6.45) is 0. The van der Waals surface area contributed by atoms with Crippen molar-refractivity contribution in [2.75, 3.05) is 0 Å². The maximum absolute atomic E-state index is 2.59. The van der Waals surface area contributed by atoms with Gasteiger partial charge in [0, 0.05) is 0 Å². The van der Waals surface area contributed by atoms with Crippen LogP contribution < -0.4 is 0 Å². The van der Waals surface area contributed by atoms with E-state index in [1.165, 1.54) is 153 Å². The average Bonchev–Trinajstić information content (AvgIpc) is 3.57. The first-order valence-electron chi connectivity index (χ1n) is 20.6. The Morgan fingerprint density at radius 3 is 1.26 bits per heavy atom. The van der Waals surface area contributed by atoms with Crippen LogP contribution in [0.3, 0.4) is 0 Å². The fraction of sp³-hybridized carbons (Fsp3) is 0.0690. The average molecular weight is 735 g/mol. The largest absolute Gasteiger partial charge is 0.0617 e. The molecule has 0 unspecified atom stereocenters. The van der Waals surface area contributed by atoms with Gasteiger partial charge >= 0.3 is 0 Å². The topological polar surface area (TPSA) is 0 Å². The van der Waals surface area contributed by atoms with E-state index in [4.69, 9.17) is 0 Å². The number of hydrogen-bond acceptors (Lipinski definition) is 0. The summed E-state index contributed by atoms with van der Waals surface area (Å²) in [5, 5.41) is 21.0. The van der Waals surface area contributed by atoms with Gasteiger partial charge in [-0.1, -0.05) is 127 Å². The van der Waals surface area contributed by atoms with Gasteiger partial charge < -0.3 is 0 Å². The maximum Gasteiger partial charge on any atom is -0.000698 e. The number of fused-ring (bicyclic) bond motifs is 11. The van der Waals surface area contributed by atoms with Crippen LogP contribution in [0.25, 0.3) is 131 Å². The van der Waals surface area contributed by atoms with Crippen molar-refractivity contribution in [3.63, 3.8) is 0 Å². The van der Waals surface area contributed by atoms with E-state index in [-0.39, 0.29) is 0 Å². The summed E-state index contributed by atoms with van der Waals surface area (Å²) < 4.78 is 0. The summed E-state index contributed by atoms with van der Waals surface area (Å²) in [5.41, 5.74) is 16.0. The third kappa shape index (κ3) is 4.04. The molecule has 0 N–H and O–H groups in total. The molecule has 0 aromatic heterocycles. The summed E-state index contributed by atoms with van der Waals surface area (Å²) in [6.45, 7) is 9.22. The summed E-state index contributed by atoms with van der Waals surface area (Å²) >= 11 is 0. The quantitative estimate of drug-likeness (QED) is 0.123. The molecule has 1 aliphatic rings. The molecule has 0 nitrogen and oxygen atoms in total. The lowest BCUT2D eigenvalue weighted by molar-refractivity contribution is 1.38. The zero-order chi connectivity index (χ0) is 38.6. The Labute approximate surface area is 336 Å². The monoisotopic (exact) mass is 734 g/mol. The van der Waals surface area contributed by atoms with Gasteiger partial charge in [0.25, 0.3) is 0 Å². The standard InChI is InChI=1S/C58H38/c1-31-12-9-13-32(2)50(31)56-48-30-46-44-27-38-17-6-5-16-37(38)26-43(44)40-20-7-8-21-41(40)45(46)29-47(48)57(51-33(3)14-10-15-34(51)4)58-49-28-39-19-11-18-35-22-23-36-24-25-42(55(56)58)54(49)53(36)52(35)39/h5-30H,1-4H3. The van der Waals surface area contributed by atoms with Crippen LogP contribution in [0, 0.1) is 27.7 Å². The Morgan fingerprint density at radius 1 is 0.224 bits per heavy atom. The van der Waals surface area contributed by atoms with Crippen molar-refractivity contribution in [3.05, 3.63) is 180 Å². The highest BCUT2D eigenvalue weighted by Crippen LogP contribution is 2.61. The highest BCUT2D eigenvalue weighted by atomic mass is 14.4. The van der Waals surface area contributed by atoms with E-state index < -0.39 is 0 Å². The summed E-state index contributed by atoms with van der Waals surface area (Å²) in [6, 6.07) is 60.4. The molecule has 0 atom stereocenters. The van der Waals surface area contributed by atoms with E-state index in [1.54, 1.807) is 0 Å². The molecule has 0 fully saturated rings. The van der Waals surface area contributed by atoms with Crippen LogP contribution in [-0.4, -0.2) is 0 Å². The molecular weight excluding hydrogens is 697 g/mol. The predicted octanol–water partition coefficient (Wildman–Crippen LogP) is 16.6. The van der Waals surface area contributed by atoms with Gasteiger partial charge in [0.15, 0.2) is 0 Å². The van der Waals surface area contributed by atoms with Crippen LogP contribution in [0.15, 0.2) is 158 Å². The minimum Gasteiger partial charge on any atom is -0.0617 e. The second kappa shape index (κ2) is 11.3. The van der Waals surface area contributed by atoms with Crippen molar-refractivity contribution in [3.8, 4) is 44.5 Å². The SMILES string of the molecule is Cc1cccc(C)c1-c1c2c(c(-c3c(C)cccc3C)c3cc4c5cc6ccccc6cc5c5ccccc5c4cc13)-c1ccc3ccc4cccc5cc-2c1c3c45. The second-order valence-electron chi connectivity index (χ2n) is 16.9. The Bertz CT molecular complexity index is 3780. The molecule has 13 rings (SSSR count). The maximum atomic E-state index is 2.59. The molecule has 0 bridgehead atoms. The minimum atomic E-state index is 1.27. The molecule has 270 valence electrons. The Kier molecular flexibility index (Phi) is 6.26. The molecule has 58 heavy (non-hydrogen) atoms. The van der Waals surface area contributed by atoms with Crippen molar-refractivity contribution in [1.82, 2.24) is 0 Å². The molecule has 0 radical (unpaired) electrons. The first-order chi connectivity index (χ1) is 28.4. The van der Waals surface area contributed by atoms with Gasteiger partial charge in [-0.15, -0.1) is 0 Å². The third-order valence-electron chi connectivity index (χ3n) is 13.8. The van der Waals surface area contributed by atoms with Crippen LogP contribution in [0.1, 0.15) is 22.3 Å². The normalized spacial score (nSPS) is 12.5. The van der Waals surface area contributed by atoms with Crippen LogP contribution in [0.5, 0.6) is 0 Å². The molecule has 1 aliphatic carbocycles. The van der Waals surface area contributed by atoms with Crippen molar-refractivity contribution < 1.29 is 0 Å². The lowest BCUT2D eigenvalue weighted by Crippen LogP contribution is -1.99. The van der Waals surface area contributed by atoms with Crippen molar-refractivity contribution in [2.45, 2.75) is 27.7 Å². The van der Waals surface area contributed by atoms with Crippen LogP contribution in [0.2, 0.25) is 0 Å². The molecule has 0 saturated carbocycles. The second-order valence-corrected chi connectivity index (χ2v) is 16.9. The van der Waals surface area contributed by atoms with Crippen LogP contribution >= 0.6 is 0 Å². The lowest BCUT2D eigenvalue weighted by Gasteiger charge is -2.25. The third-order valence-corrected chi connectivity index (χ3v) is 13.8. The number of rotatable bonds is 2. The molecule has 12 aromatic rings. The van der Waals surface area contributed by atoms with E-state index >= 15 is 0 Å². The van der Waals surface area contributed by atoms with Gasteiger partial charge in [0.05, 0.1) is 0 Å². The summed E-state index contributed by atoms with van der Waals surface area (Å²) in [4.78, 5) is 0. The van der Waals surface area contributed by atoms with Gasteiger partial charge in [-0.3, -0.25) is 0 Å². The van der Waals surface area contributed by atoms with E-state index in [2.05, 4.69) is 185 Å². The molecular formula is C58H38. The molecule has 0 amide bonds. The number of benzene rings is 12. The Hall–Kier alpha value is -7.02. The van der Waals surface area contributed by atoms with Gasteiger partial charge in [0.1, 0.15) is 0 Å². The van der Waals surface area contributed by atoms with Gasteiger partial charge in [-0.2, -0.15) is 0 Å². The fourth-order valence-corrected chi connectivity index (χ4v) is 11.3. The van der Waals surface area contributed by atoms with E-state index in [1.807, 2.05) is 0 Å². The van der Waals surface area contributed by atoms with Crippen LogP contribution in [0.4, 0.5) is 0 Å². The predicted molar refractivity (Wildman–Crippen MR) is 252 cm³/mol. The smallest absolute Gasteiger partial charge is 0.000698 e. The molecule has 0 saturated heterocycles. The van der Waals surface area contributed by atoms with Gasteiger partial charge in [-0.25, -0.2) is 0 Å². The lowest BCUT2D eigenvalue weighted by atomic mass is 9.78. The van der Waals surface area contributed by atoms with E-state index in [9.17, 15) is 0 Å². The van der Waals surface area contributed by atoms with Crippen molar-refractivity contribution in [2.24, 2.45) is 0 Å². The molecule has 0 aliphatic heterocycles. The van der Waals surface area contributed by atoms with Crippen LogP contribution in [-0.2, 0) is 0 Å². The zero-order valence-electron chi connectivity index (χ0n) is 33.0. The van der Waals surface area contributed by atoms with Gasteiger partial charge in [0.2, 0.25) is 0 Å². The minimum absolute atomic E-state index is 1.27. The molecule has 12 aromatic carbocycles. The highest BCUT2D eigenvalue weighted by molar-refractivity contribution is 6.37. The molecule has 0 spiro atoms. The first-order valence-corrected chi connectivity index (χ1v) is 20.6. The number of aryl methyl sites for hydroxylation is 4. The fourth-order valence-electron chi connectivity index (χ4n) is 11.3. The zero-order valence-corrected chi connectivity index (χ0v) is 33.0. The van der Waals surface area contributed by atoms with E-state index in [0.717, 1.165) is 0 Å². The Balaban J connectivity index is 1.35. The molecule has 0 heteroatoms.